The highest BCUT2D eigenvalue weighted by molar-refractivity contribution is 14.1. The Balaban J connectivity index is 3.17. The van der Waals surface area contributed by atoms with E-state index in [9.17, 15) is 0 Å². The lowest BCUT2D eigenvalue weighted by Gasteiger charge is -1.94. The van der Waals surface area contributed by atoms with E-state index >= 15 is 0 Å². The van der Waals surface area contributed by atoms with Crippen LogP contribution in [-0.2, 0) is 0 Å². The number of hydrogen-bond donors (Lipinski definition) is 0. The van der Waals surface area contributed by atoms with E-state index in [1.165, 1.54) is 9.03 Å². The van der Waals surface area contributed by atoms with Gasteiger partial charge >= 0.3 is 0 Å². The zero-order chi connectivity index (χ0) is 6.85. The Morgan fingerprint density at radius 3 is 2.44 bits per heavy atom. The molecule has 0 amide bonds. The lowest BCUT2D eigenvalue weighted by atomic mass is 9.97. The van der Waals surface area contributed by atoms with Gasteiger partial charge in [-0.25, -0.2) is 0 Å². The number of halogens is 2. The van der Waals surface area contributed by atoms with E-state index in [2.05, 4.69) is 28.7 Å². The van der Waals surface area contributed by atoms with Crippen molar-refractivity contribution in [1.82, 2.24) is 0 Å². The molecule has 0 unspecified atom stereocenters. The maximum absolute atomic E-state index is 5.75. The molecule has 46 valence electrons. The predicted molar refractivity (Wildman–Crippen MR) is 52.3 cm³/mol. The van der Waals surface area contributed by atoms with Gasteiger partial charge < -0.3 is 0 Å². The molecule has 0 N–H and O–H groups in total. The quantitative estimate of drug-likeness (QED) is 0.479. The van der Waals surface area contributed by atoms with Crippen LogP contribution >= 0.6 is 34.2 Å². The summed E-state index contributed by atoms with van der Waals surface area (Å²) in [6.07, 6.45) is 0. The molecule has 0 atom stereocenters. The van der Waals surface area contributed by atoms with E-state index in [-0.39, 0.29) is 0 Å². The van der Waals surface area contributed by atoms with E-state index < -0.39 is 0 Å². The van der Waals surface area contributed by atoms with Crippen LogP contribution in [0.25, 0.3) is 0 Å². The van der Waals surface area contributed by atoms with Crippen LogP contribution in [0.15, 0.2) is 18.2 Å². The van der Waals surface area contributed by atoms with Crippen molar-refractivity contribution in [3.8, 4) is 0 Å². The van der Waals surface area contributed by atoms with Crippen LogP contribution in [0.5, 0.6) is 0 Å². The molecule has 0 saturated carbocycles. The van der Waals surface area contributed by atoms with Gasteiger partial charge in [0.2, 0.25) is 0 Å². The van der Waals surface area contributed by atoms with Crippen LogP contribution < -0.4 is 5.46 Å². The Morgan fingerprint density at radius 2 is 2.00 bits per heavy atom. The van der Waals surface area contributed by atoms with Crippen molar-refractivity contribution in [1.29, 1.82) is 0 Å². The summed E-state index contributed by atoms with van der Waals surface area (Å²) in [6, 6.07) is 5.98. The fraction of sp³-hybridized carbons (Fsp3) is 0. The van der Waals surface area contributed by atoms with E-state index in [1.807, 2.05) is 20.0 Å². The van der Waals surface area contributed by atoms with Gasteiger partial charge in [0.15, 0.2) is 0 Å². The first-order chi connectivity index (χ1) is 4.18. The zero-order valence-electron chi connectivity index (χ0n) is 4.99. The third kappa shape index (κ3) is 2.18. The van der Waals surface area contributed by atoms with Crippen LogP contribution in [-0.4, -0.2) is 7.85 Å². The summed E-state index contributed by atoms with van der Waals surface area (Å²) in [6.45, 7) is 0. The van der Waals surface area contributed by atoms with E-state index in [0.29, 0.717) is 0 Å². The molecule has 0 nitrogen and oxygen atoms in total. The van der Waals surface area contributed by atoms with Crippen molar-refractivity contribution in [2.24, 2.45) is 0 Å². The lowest BCUT2D eigenvalue weighted by Crippen LogP contribution is -2.00. The molecule has 0 spiro atoms. The highest BCUT2D eigenvalue weighted by Gasteiger charge is 1.90. The average molecular weight is 250 g/mol. The van der Waals surface area contributed by atoms with Crippen LogP contribution in [0.4, 0.5) is 0 Å². The molecule has 0 aliphatic carbocycles. The molecule has 0 aliphatic heterocycles. The topological polar surface area (TPSA) is 0 Å². The highest BCUT2D eigenvalue weighted by Crippen LogP contribution is 2.09. The smallest absolute Gasteiger partial charge is 0.0865 e. The fourth-order valence-corrected chi connectivity index (χ4v) is 1.99. The van der Waals surface area contributed by atoms with Gasteiger partial charge in [0.25, 0.3) is 0 Å². The van der Waals surface area contributed by atoms with Crippen LogP contribution in [0.2, 0.25) is 5.02 Å². The molecule has 1 rings (SSSR count). The minimum atomic E-state index is 0.819. The van der Waals surface area contributed by atoms with Gasteiger partial charge in [0.05, 0.1) is 0 Å². The van der Waals surface area contributed by atoms with E-state index in [0.717, 1.165) is 5.02 Å². The lowest BCUT2D eigenvalue weighted by molar-refractivity contribution is 1.70. The molecular weight excluding hydrogens is 245 g/mol. The Bertz CT molecular complexity index is 174. The Kier molecular flexibility index (Phi) is 2.41. The third-order valence-electron chi connectivity index (χ3n) is 1.01. The van der Waals surface area contributed by atoms with Crippen molar-refractivity contribution >= 4 is 47.5 Å². The first-order valence-corrected chi connectivity index (χ1v) is 4.07. The second-order valence-corrected chi connectivity index (χ2v) is 3.63. The summed E-state index contributed by atoms with van der Waals surface area (Å²) in [7, 11) is 2.04. The minimum absolute atomic E-state index is 0.819. The van der Waals surface area contributed by atoms with Gasteiger partial charge in [-0.1, -0.05) is 23.1 Å². The maximum atomic E-state index is 5.75. The molecule has 3 heteroatoms. The largest absolute Gasteiger partial charge is 0.139 e. The standard InChI is InChI=1S/C6H5BClI/c7-4-1-5(8)3-6(9)2-4/h1-3H,7H2. The Morgan fingerprint density at radius 1 is 1.33 bits per heavy atom. The van der Waals surface area contributed by atoms with Gasteiger partial charge in [-0.05, 0) is 34.7 Å². The summed E-state index contributed by atoms with van der Waals surface area (Å²) in [5, 5.41) is 0.819. The number of hydrogen-bond acceptors (Lipinski definition) is 0. The van der Waals surface area contributed by atoms with Gasteiger partial charge in [0.1, 0.15) is 7.85 Å². The molecule has 0 aliphatic rings. The average Bonchev–Trinajstić information content (AvgIpc) is 1.59. The third-order valence-corrected chi connectivity index (χ3v) is 1.85. The first-order valence-electron chi connectivity index (χ1n) is 2.61. The van der Waals surface area contributed by atoms with E-state index in [1.54, 1.807) is 0 Å². The second kappa shape index (κ2) is 2.93. The molecule has 0 saturated heterocycles. The predicted octanol–water partition coefficient (Wildman–Crippen LogP) is 1.20. The molecule has 9 heavy (non-hydrogen) atoms. The van der Waals surface area contributed by atoms with Crippen molar-refractivity contribution in [3.63, 3.8) is 0 Å². The van der Waals surface area contributed by atoms with E-state index in [4.69, 9.17) is 11.6 Å². The van der Waals surface area contributed by atoms with Gasteiger partial charge in [-0.15, -0.1) is 0 Å². The molecule has 0 fully saturated rings. The normalized spacial score (nSPS) is 9.56. The molecule has 1 aromatic carbocycles. The summed E-state index contributed by atoms with van der Waals surface area (Å²) >= 11 is 7.99. The summed E-state index contributed by atoms with van der Waals surface area (Å²) < 4.78 is 1.19. The number of rotatable bonds is 0. The molecule has 0 bridgehead atoms. The van der Waals surface area contributed by atoms with Crippen molar-refractivity contribution in [2.75, 3.05) is 0 Å². The molecule has 0 aromatic heterocycles. The van der Waals surface area contributed by atoms with Gasteiger partial charge in [-0.3, -0.25) is 0 Å². The summed E-state index contributed by atoms with van der Waals surface area (Å²) in [5.74, 6) is 0. The summed E-state index contributed by atoms with van der Waals surface area (Å²) in [4.78, 5) is 0. The SMILES string of the molecule is Bc1cc(Cl)cc(I)c1. The van der Waals surface area contributed by atoms with Gasteiger partial charge in [-0.2, -0.15) is 0 Å². The highest BCUT2D eigenvalue weighted by atomic mass is 127. The van der Waals surface area contributed by atoms with Crippen LogP contribution in [0, 0.1) is 3.57 Å². The molecule has 0 radical (unpaired) electrons. The fourth-order valence-electron chi connectivity index (χ4n) is 0.692. The maximum Gasteiger partial charge on any atom is 0.139 e. The monoisotopic (exact) mass is 250 g/mol. The second-order valence-electron chi connectivity index (χ2n) is 1.95. The van der Waals surface area contributed by atoms with Crippen LogP contribution in [0.3, 0.4) is 0 Å². The Labute approximate surface area is 74.1 Å². The van der Waals surface area contributed by atoms with Crippen molar-refractivity contribution in [2.45, 2.75) is 0 Å². The van der Waals surface area contributed by atoms with Crippen LogP contribution in [0.1, 0.15) is 0 Å². The van der Waals surface area contributed by atoms with Crippen molar-refractivity contribution in [3.05, 3.63) is 26.8 Å². The molecule has 1 aromatic rings. The molecular formula is C6H5BClI. The first kappa shape index (κ1) is 7.41. The van der Waals surface area contributed by atoms with Gasteiger partial charge in [0, 0.05) is 8.59 Å². The zero-order valence-corrected chi connectivity index (χ0v) is 7.90. The molecule has 0 heterocycles. The Hall–Kier alpha value is 0.305. The number of benzene rings is 1. The van der Waals surface area contributed by atoms with Crippen molar-refractivity contribution < 1.29 is 0 Å². The minimum Gasteiger partial charge on any atom is -0.0865 e. The summed E-state index contributed by atoms with van der Waals surface area (Å²) in [5.41, 5.74) is 1.21.